The van der Waals surface area contributed by atoms with Crippen LogP contribution in [-0.2, 0) is 9.47 Å². The van der Waals surface area contributed by atoms with Crippen LogP contribution in [0, 0.1) is 0 Å². The molecule has 1 amide bonds. The summed E-state index contributed by atoms with van der Waals surface area (Å²) in [5.41, 5.74) is -0.438. The topological polar surface area (TPSA) is 47.6 Å². The van der Waals surface area contributed by atoms with Crippen molar-refractivity contribution < 1.29 is 14.3 Å². The molecule has 1 fully saturated rings. The summed E-state index contributed by atoms with van der Waals surface area (Å²) in [6.45, 7) is 9.64. The van der Waals surface area contributed by atoms with Crippen molar-refractivity contribution in [3.63, 3.8) is 0 Å². The number of amides is 1. The summed E-state index contributed by atoms with van der Waals surface area (Å²) in [5, 5.41) is 2.90. The molecule has 94 valence electrons. The van der Waals surface area contributed by atoms with Gasteiger partial charge in [0.15, 0.2) is 0 Å². The monoisotopic (exact) mass is 229 g/mol. The number of hydrogen-bond acceptors (Lipinski definition) is 3. The predicted octanol–water partition coefficient (Wildman–Crippen LogP) is 2.47. The van der Waals surface area contributed by atoms with Crippen LogP contribution in [0.4, 0.5) is 4.79 Å². The average molecular weight is 229 g/mol. The van der Waals surface area contributed by atoms with Crippen LogP contribution in [-0.4, -0.2) is 29.9 Å². The third-order valence-corrected chi connectivity index (χ3v) is 2.42. The fourth-order valence-electron chi connectivity index (χ4n) is 2.00. The van der Waals surface area contributed by atoms with E-state index in [0.29, 0.717) is 0 Å². The molecule has 16 heavy (non-hydrogen) atoms. The Kier molecular flexibility index (Phi) is 4.19. The van der Waals surface area contributed by atoms with Gasteiger partial charge in [-0.05, 0) is 47.5 Å². The van der Waals surface area contributed by atoms with Crippen molar-refractivity contribution in [2.24, 2.45) is 0 Å². The lowest BCUT2D eigenvalue weighted by Gasteiger charge is -2.33. The van der Waals surface area contributed by atoms with Gasteiger partial charge in [-0.1, -0.05) is 0 Å². The second kappa shape index (κ2) is 5.04. The Morgan fingerprint density at radius 2 is 1.75 bits per heavy atom. The summed E-state index contributed by atoms with van der Waals surface area (Å²) in [4.78, 5) is 11.6. The fraction of sp³-hybridized carbons (Fsp3) is 0.917. The Labute approximate surface area is 97.7 Å². The first kappa shape index (κ1) is 13.3. The van der Waals surface area contributed by atoms with E-state index < -0.39 is 5.60 Å². The summed E-state index contributed by atoms with van der Waals surface area (Å²) < 4.78 is 10.8. The second-order valence-electron chi connectivity index (χ2n) is 5.57. The second-order valence-corrected chi connectivity index (χ2v) is 5.57. The SMILES string of the molecule is C[C@@H]1CC(NC(=O)OC(C)(C)C)C[C@H](C)O1. The predicted molar refractivity (Wildman–Crippen MR) is 62.4 cm³/mol. The van der Waals surface area contributed by atoms with Gasteiger partial charge in [0.05, 0.1) is 12.2 Å². The van der Waals surface area contributed by atoms with Crippen LogP contribution in [0.25, 0.3) is 0 Å². The highest BCUT2D eigenvalue weighted by Crippen LogP contribution is 2.19. The van der Waals surface area contributed by atoms with Gasteiger partial charge in [-0.25, -0.2) is 4.79 Å². The van der Waals surface area contributed by atoms with E-state index in [-0.39, 0.29) is 24.3 Å². The number of ether oxygens (including phenoxy) is 2. The summed E-state index contributed by atoms with van der Waals surface area (Å²) in [5.74, 6) is 0. The Bertz CT molecular complexity index is 237. The van der Waals surface area contributed by atoms with E-state index in [2.05, 4.69) is 5.32 Å². The summed E-state index contributed by atoms with van der Waals surface area (Å²) in [6.07, 6.45) is 1.76. The Morgan fingerprint density at radius 3 is 2.19 bits per heavy atom. The Hall–Kier alpha value is -0.770. The molecular formula is C12H23NO3. The molecular weight excluding hydrogens is 206 g/mol. The molecule has 4 nitrogen and oxygen atoms in total. The Balaban J connectivity index is 2.39. The van der Waals surface area contributed by atoms with Gasteiger partial charge in [-0.2, -0.15) is 0 Å². The number of rotatable bonds is 1. The minimum atomic E-state index is -0.438. The third kappa shape index (κ3) is 4.84. The van der Waals surface area contributed by atoms with E-state index in [1.807, 2.05) is 34.6 Å². The lowest BCUT2D eigenvalue weighted by molar-refractivity contribution is -0.0431. The molecule has 1 saturated heterocycles. The van der Waals surface area contributed by atoms with Gasteiger partial charge in [0.25, 0.3) is 0 Å². The van der Waals surface area contributed by atoms with Crippen LogP contribution in [0.15, 0.2) is 0 Å². The van der Waals surface area contributed by atoms with E-state index in [0.717, 1.165) is 12.8 Å². The average Bonchev–Trinajstić information content (AvgIpc) is 1.96. The van der Waals surface area contributed by atoms with Crippen LogP contribution in [0.5, 0.6) is 0 Å². The van der Waals surface area contributed by atoms with Crippen LogP contribution in [0.2, 0.25) is 0 Å². The van der Waals surface area contributed by atoms with Crippen LogP contribution < -0.4 is 5.32 Å². The van der Waals surface area contributed by atoms with Crippen molar-refractivity contribution >= 4 is 6.09 Å². The number of hydrogen-bond donors (Lipinski definition) is 1. The van der Waals surface area contributed by atoms with E-state index >= 15 is 0 Å². The molecule has 0 aromatic carbocycles. The molecule has 1 aliphatic rings. The maximum Gasteiger partial charge on any atom is 0.407 e. The standard InChI is InChI=1S/C12H23NO3/c1-8-6-10(7-9(2)15-8)13-11(14)16-12(3,4)5/h8-10H,6-7H2,1-5H3,(H,13,14)/t8-,9+,10?. The van der Waals surface area contributed by atoms with Gasteiger partial charge in [0.2, 0.25) is 0 Å². The van der Waals surface area contributed by atoms with Gasteiger partial charge >= 0.3 is 6.09 Å². The van der Waals surface area contributed by atoms with Crippen molar-refractivity contribution in [3.05, 3.63) is 0 Å². The van der Waals surface area contributed by atoms with E-state index in [1.54, 1.807) is 0 Å². The summed E-state index contributed by atoms with van der Waals surface area (Å²) in [7, 11) is 0. The van der Waals surface area contributed by atoms with Gasteiger partial charge in [0.1, 0.15) is 5.60 Å². The van der Waals surface area contributed by atoms with Gasteiger partial charge < -0.3 is 14.8 Å². The normalized spacial score (nSPS) is 30.9. The first-order valence-electron chi connectivity index (χ1n) is 5.91. The lowest BCUT2D eigenvalue weighted by atomic mass is 10.0. The number of nitrogens with one attached hydrogen (secondary N) is 1. The van der Waals surface area contributed by atoms with Crippen molar-refractivity contribution in [2.75, 3.05) is 0 Å². The van der Waals surface area contributed by atoms with Crippen LogP contribution >= 0.6 is 0 Å². The van der Waals surface area contributed by atoms with Crippen molar-refractivity contribution in [2.45, 2.75) is 71.3 Å². The van der Waals surface area contributed by atoms with Gasteiger partial charge in [-0.3, -0.25) is 0 Å². The summed E-state index contributed by atoms with van der Waals surface area (Å²) >= 11 is 0. The highest BCUT2D eigenvalue weighted by atomic mass is 16.6. The first-order valence-corrected chi connectivity index (χ1v) is 5.91. The highest BCUT2D eigenvalue weighted by molar-refractivity contribution is 5.68. The molecule has 0 saturated carbocycles. The zero-order valence-electron chi connectivity index (χ0n) is 10.9. The van der Waals surface area contributed by atoms with Gasteiger partial charge in [-0.15, -0.1) is 0 Å². The van der Waals surface area contributed by atoms with E-state index in [9.17, 15) is 4.79 Å². The van der Waals surface area contributed by atoms with Crippen molar-refractivity contribution in [1.29, 1.82) is 0 Å². The summed E-state index contributed by atoms with van der Waals surface area (Å²) in [6, 6.07) is 0.161. The number of carbonyl (C=O) groups excluding carboxylic acids is 1. The maximum absolute atomic E-state index is 11.6. The molecule has 3 atom stereocenters. The molecule has 4 heteroatoms. The number of alkyl carbamates (subject to hydrolysis) is 1. The number of carbonyl (C=O) groups is 1. The zero-order valence-corrected chi connectivity index (χ0v) is 10.9. The van der Waals surface area contributed by atoms with Gasteiger partial charge in [0, 0.05) is 6.04 Å². The Morgan fingerprint density at radius 1 is 1.25 bits per heavy atom. The minimum Gasteiger partial charge on any atom is -0.444 e. The molecule has 1 heterocycles. The zero-order chi connectivity index (χ0) is 12.3. The fourth-order valence-corrected chi connectivity index (χ4v) is 2.00. The van der Waals surface area contributed by atoms with Crippen molar-refractivity contribution in [1.82, 2.24) is 5.32 Å². The molecule has 0 bridgehead atoms. The molecule has 0 aliphatic carbocycles. The van der Waals surface area contributed by atoms with E-state index in [4.69, 9.17) is 9.47 Å². The molecule has 1 aliphatic heterocycles. The van der Waals surface area contributed by atoms with Crippen molar-refractivity contribution in [3.8, 4) is 0 Å². The van der Waals surface area contributed by atoms with Crippen LogP contribution in [0.1, 0.15) is 47.5 Å². The largest absolute Gasteiger partial charge is 0.444 e. The minimum absolute atomic E-state index is 0.161. The first-order chi connectivity index (χ1) is 7.26. The lowest BCUT2D eigenvalue weighted by Crippen LogP contribution is -2.45. The molecule has 0 aromatic rings. The third-order valence-electron chi connectivity index (χ3n) is 2.42. The molecule has 1 unspecified atom stereocenters. The molecule has 0 radical (unpaired) electrons. The molecule has 1 N–H and O–H groups in total. The quantitative estimate of drug-likeness (QED) is 0.751. The maximum atomic E-state index is 11.6. The smallest absolute Gasteiger partial charge is 0.407 e. The van der Waals surface area contributed by atoms with E-state index in [1.165, 1.54) is 0 Å². The molecule has 1 rings (SSSR count). The molecule has 0 aromatic heterocycles. The highest BCUT2D eigenvalue weighted by Gasteiger charge is 2.27. The molecule has 0 spiro atoms. The van der Waals surface area contributed by atoms with Crippen LogP contribution in [0.3, 0.4) is 0 Å².